The molecule has 0 aliphatic heterocycles. The highest BCUT2D eigenvalue weighted by atomic mass is 32.1. The van der Waals surface area contributed by atoms with Crippen LogP contribution in [0.15, 0.2) is 30.5 Å². The molecule has 0 fully saturated rings. The summed E-state index contributed by atoms with van der Waals surface area (Å²) in [6, 6.07) is 7.60. The maximum absolute atomic E-state index is 12.5. The summed E-state index contributed by atoms with van der Waals surface area (Å²) in [6.45, 7) is 2.77. The largest absolute Gasteiger partial charge is 0.287 e. The number of nitrogens with zero attached hydrogens (tertiary/aromatic N) is 3. The molecule has 4 nitrogen and oxygen atoms in total. The van der Waals surface area contributed by atoms with E-state index in [1.807, 2.05) is 31.2 Å². The van der Waals surface area contributed by atoms with Crippen LogP contribution in [0.4, 0.5) is 0 Å². The molecule has 0 unspecified atom stereocenters. The first kappa shape index (κ1) is 20.7. The second kappa shape index (κ2) is 11.9. The number of aryl methyl sites for hydroxylation is 2. The minimum Gasteiger partial charge on any atom is -0.287 e. The molecule has 0 aliphatic rings. The first-order chi connectivity index (χ1) is 12.7. The molecule has 0 radical (unpaired) electrons. The van der Waals surface area contributed by atoms with E-state index >= 15 is 0 Å². The Morgan fingerprint density at radius 3 is 2.23 bits per heavy atom. The van der Waals surface area contributed by atoms with E-state index < -0.39 is 0 Å². The molecule has 2 aromatic rings. The zero-order valence-electron chi connectivity index (χ0n) is 15.9. The first-order valence-corrected chi connectivity index (χ1v) is 10.5. The van der Waals surface area contributed by atoms with Crippen molar-refractivity contribution in [1.82, 2.24) is 15.0 Å². The minimum absolute atomic E-state index is 0.0488. The van der Waals surface area contributed by atoms with Crippen LogP contribution in [0.1, 0.15) is 79.4 Å². The molecule has 5 heteroatoms. The quantitative estimate of drug-likeness (QED) is 0.296. The zero-order valence-corrected chi connectivity index (χ0v) is 16.8. The summed E-state index contributed by atoms with van der Waals surface area (Å²) in [5, 5.41) is 8.16. The lowest BCUT2D eigenvalue weighted by molar-refractivity contribution is 0.103. The molecule has 142 valence electrons. The number of ketones is 1. The van der Waals surface area contributed by atoms with Crippen molar-refractivity contribution in [2.45, 2.75) is 71.3 Å². The fourth-order valence-corrected chi connectivity index (χ4v) is 3.32. The van der Waals surface area contributed by atoms with Gasteiger partial charge in [-0.25, -0.2) is 0 Å². The number of aromatic nitrogens is 3. The molecule has 1 heterocycles. The first-order valence-electron chi connectivity index (χ1n) is 9.83. The van der Waals surface area contributed by atoms with E-state index in [1.54, 1.807) is 10.9 Å². The van der Waals surface area contributed by atoms with Gasteiger partial charge in [0.15, 0.2) is 5.69 Å². The molecule has 2 rings (SSSR count). The van der Waals surface area contributed by atoms with Gasteiger partial charge >= 0.3 is 0 Å². The van der Waals surface area contributed by atoms with Crippen molar-refractivity contribution in [2.24, 2.45) is 0 Å². The predicted molar refractivity (Wildman–Crippen MR) is 110 cm³/mol. The van der Waals surface area contributed by atoms with Gasteiger partial charge in [-0.1, -0.05) is 74.4 Å². The molecule has 0 saturated heterocycles. The number of carbonyl (C=O) groups is 1. The Morgan fingerprint density at radius 1 is 0.962 bits per heavy atom. The van der Waals surface area contributed by atoms with Crippen LogP contribution in [0, 0.1) is 6.92 Å². The summed E-state index contributed by atoms with van der Waals surface area (Å²) in [7, 11) is 0. The summed E-state index contributed by atoms with van der Waals surface area (Å²) < 4.78 is 1.79. The molecule has 0 N–H and O–H groups in total. The van der Waals surface area contributed by atoms with E-state index in [2.05, 4.69) is 22.9 Å². The molecular weight excluding hydrogens is 342 g/mol. The Labute approximate surface area is 162 Å². The highest BCUT2D eigenvalue weighted by Crippen LogP contribution is 2.13. The van der Waals surface area contributed by atoms with Crippen LogP contribution >= 0.6 is 12.6 Å². The van der Waals surface area contributed by atoms with Gasteiger partial charge in [0.25, 0.3) is 0 Å². The number of thiol groups is 1. The van der Waals surface area contributed by atoms with Crippen molar-refractivity contribution in [2.75, 3.05) is 5.75 Å². The van der Waals surface area contributed by atoms with Crippen LogP contribution in [0.2, 0.25) is 0 Å². The Balaban J connectivity index is 1.63. The van der Waals surface area contributed by atoms with Gasteiger partial charge in [0, 0.05) is 12.1 Å². The molecule has 0 bridgehead atoms. The normalized spacial score (nSPS) is 11.0. The third-order valence-electron chi connectivity index (χ3n) is 4.71. The van der Waals surface area contributed by atoms with Gasteiger partial charge in [-0.3, -0.25) is 9.48 Å². The van der Waals surface area contributed by atoms with Crippen molar-refractivity contribution in [3.05, 3.63) is 47.3 Å². The second-order valence-electron chi connectivity index (χ2n) is 6.92. The van der Waals surface area contributed by atoms with Crippen LogP contribution in [0.25, 0.3) is 0 Å². The second-order valence-corrected chi connectivity index (χ2v) is 7.36. The Morgan fingerprint density at radius 2 is 1.58 bits per heavy atom. The van der Waals surface area contributed by atoms with E-state index in [-0.39, 0.29) is 5.78 Å². The SMILES string of the molecule is Cc1ccccc1C(=O)c1cn(CCCCCCCCCCCS)nn1. The molecule has 1 aromatic carbocycles. The summed E-state index contributed by atoms with van der Waals surface area (Å²) in [6.07, 6.45) is 13.2. The molecule has 1 aromatic heterocycles. The van der Waals surface area contributed by atoms with Gasteiger partial charge in [-0.15, -0.1) is 5.10 Å². The lowest BCUT2D eigenvalue weighted by atomic mass is 10.0. The fourth-order valence-electron chi connectivity index (χ4n) is 3.10. The van der Waals surface area contributed by atoms with Crippen molar-refractivity contribution in [3.8, 4) is 0 Å². The van der Waals surface area contributed by atoms with Gasteiger partial charge in [-0.2, -0.15) is 12.6 Å². The van der Waals surface area contributed by atoms with Crippen LogP contribution in [-0.2, 0) is 6.54 Å². The van der Waals surface area contributed by atoms with E-state index in [0.717, 1.165) is 24.3 Å². The third-order valence-corrected chi connectivity index (χ3v) is 5.02. The fraction of sp³-hybridized carbons (Fsp3) is 0.571. The lowest BCUT2D eigenvalue weighted by Crippen LogP contribution is -2.04. The van der Waals surface area contributed by atoms with Crippen LogP contribution in [-0.4, -0.2) is 26.5 Å². The van der Waals surface area contributed by atoms with Crippen molar-refractivity contribution >= 4 is 18.4 Å². The summed E-state index contributed by atoms with van der Waals surface area (Å²) in [5.74, 6) is 0.966. The number of carbonyl (C=O) groups excluding carboxylic acids is 1. The van der Waals surface area contributed by atoms with Crippen LogP contribution in [0.3, 0.4) is 0 Å². The van der Waals surface area contributed by atoms with Gasteiger partial charge < -0.3 is 0 Å². The maximum Gasteiger partial charge on any atom is 0.215 e. The molecule has 26 heavy (non-hydrogen) atoms. The van der Waals surface area contributed by atoms with Gasteiger partial charge in [0.2, 0.25) is 5.78 Å². The predicted octanol–water partition coefficient (Wildman–Crippen LogP) is 5.26. The number of rotatable bonds is 13. The average Bonchev–Trinajstić information content (AvgIpc) is 3.12. The number of hydrogen-bond acceptors (Lipinski definition) is 4. The zero-order chi connectivity index (χ0) is 18.6. The van der Waals surface area contributed by atoms with Crippen molar-refractivity contribution in [1.29, 1.82) is 0 Å². The van der Waals surface area contributed by atoms with Gasteiger partial charge in [-0.05, 0) is 31.1 Å². The van der Waals surface area contributed by atoms with E-state index in [9.17, 15) is 4.79 Å². The highest BCUT2D eigenvalue weighted by molar-refractivity contribution is 7.80. The Hall–Kier alpha value is -1.62. The van der Waals surface area contributed by atoms with E-state index in [1.165, 1.54) is 51.4 Å². The monoisotopic (exact) mass is 373 g/mol. The standard InChI is InChI=1S/C21H31N3OS/c1-18-13-9-10-14-19(18)21(25)20-17-24(23-22-20)15-11-7-5-3-2-4-6-8-12-16-26/h9-10,13-14,17,26H,2-8,11-12,15-16H2,1H3. The topological polar surface area (TPSA) is 47.8 Å². The highest BCUT2D eigenvalue weighted by Gasteiger charge is 2.14. The van der Waals surface area contributed by atoms with Crippen molar-refractivity contribution in [3.63, 3.8) is 0 Å². The number of benzene rings is 1. The Kier molecular flexibility index (Phi) is 9.46. The van der Waals surface area contributed by atoms with E-state index in [4.69, 9.17) is 0 Å². The maximum atomic E-state index is 12.5. The summed E-state index contributed by atoms with van der Waals surface area (Å²) in [4.78, 5) is 12.5. The van der Waals surface area contributed by atoms with Gasteiger partial charge in [0.1, 0.15) is 0 Å². The van der Waals surface area contributed by atoms with E-state index in [0.29, 0.717) is 11.3 Å². The molecule has 0 spiro atoms. The molecule has 0 atom stereocenters. The average molecular weight is 374 g/mol. The Bertz CT molecular complexity index is 669. The van der Waals surface area contributed by atoms with Crippen molar-refractivity contribution < 1.29 is 4.79 Å². The third kappa shape index (κ3) is 6.94. The minimum atomic E-state index is -0.0488. The van der Waals surface area contributed by atoms with Crippen LogP contribution in [0.5, 0.6) is 0 Å². The molecule has 0 saturated carbocycles. The lowest BCUT2D eigenvalue weighted by Gasteiger charge is -2.03. The molecule has 0 amide bonds. The smallest absolute Gasteiger partial charge is 0.215 e. The molecule has 0 aliphatic carbocycles. The summed E-state index contributed by atoms with van der Waals surface area (Å²) in [5.41, 5.74) is 2.10. The van der Waals surface area contributed by atoms with Crippen LogP contribution < -0.4 is 0 Å². The molecular formula is C21H31N3OS. The number of unbranched alkanes of at least 4 members (excludes halogenated alkanes) is 8. The summed E-state index contributed by atoms with van der Waals surface area (Å²) >= 11 is 4.24. The number of hydrogen-bond donors (Lipinski definition) is 1. The van der Waals surface area contributed by atoms with Gasteiger partial charge in [0.05, 0.1) is 6.20 Å².